The molecule has 17 heavy (non-hydrogen) atoms. The van der Waals surface area contributed by atoms with E-state index in [1.54, 1.807) is 6.92 Å². The van der Waals surface area contributed by atoms with Gasteiger partial charge in [0.1, 0.15) is 0 Å². The first-order chi connectivity index (χ1) is 7.75. The molecule has 0 radical (unpaired) electrons. The van der Waals surface area contributed by atoms with Crippen molar-refractivity contribution in [2.24, 2.45) is 11.7 Å². The minimum atomic E-state index is -4.93. The summed E-state index contributed by atoms with van der Waals surface area (Å²) in [5.41, 5.74) is 5.03. The summed E-state index contributed by atoms with van der Waals surface area (Å²) >= 11 is 0. The molecular weight excluding hydrogens is 239 g/mol. The van der Waals surface area contributed by atoms with Gasteiger partial charge in [0.05, 0.1) is 6.61 Å². The third kappa shape index (κ3) is 7.59. The number of hydrogen-bond acceptors (Lipinski definition) is 3. The summed E-state index contributed by atoms with van der Waals surface area (Å²) < 4.78 is 39.1. The number of rotatable bonds is 7. The third-order valence-corrected chi connectivity index (χ3v) is 2.23. The van der Waals surface area contributed by atoms with Crippen molar-refractivity contribution in [3.8, 4) is 0 Å². The van der Waals surface area contributed by atoms with E-state index in [4.69, 9.17) is 5.73 Å². The standard InChI is InChI=1S/C10H16F3NO3/c1-7(8(14)15)5-3-2-4-6-17-9(16)10(11,12)13/h7H,2-6H2,1H3,(H2,14,15). The minimum Gasteiger partial charge on any atom is -0.459 e. The van der Waals surface area contributed by atoms with Crippen LogP contribution in [0.2, 0.25) is 0 Å². The largest absolute Gasteiger partial charge is 0.490 e. The predicted molar refractivity (Wildman–Crippen MR) is 53.8 cm³/mol. The summed E-state index contributed by atoms with van der Waals surface area (Å²) in [6, 6.07) is 0. The summed E-state index contributed by atoms with van der Waals surface area (Å²) in [4.78, 5) is 20.9. The summed E-state index contributed by atoms with van der Waals surface area (Å²) in [7, 11) is 0. The molecule has 0 aromatic heterocycles. The molecule has 1 amide bonds. The van der Waals surface area contributed by atoms with Crippen LogP contribution in [-0.4, -0.2) is 24.7 Å². The number of primary amides is 1. The Kier molecular flexibility index (Phi) is 6.60. The van der Waals surface area contributed by atoms with Gasteiger partial charge in [-0.15, -0.1) is 0 Å². The lowest BCUT2D eigenvalue weighted by molar-refractivity contribution is -0.199. The summed E-state index contributed by atoms with van der Waals surface area (Å²) in [5.74, 6) is -2.80. The average Bonchev–Trinajstić information content (AvgIpc) is 2.20. The molecule has 0 rings (SSSR count). The molecule has 0 aliphatic carbocycles. The Labute approximate surface area is 97.3 Å². The van der Waals surface area contributed by atoms with Crippen molar-refractivity contribution in [3.63, 3.8) is 0 Å². The number of nitrogens with two attached hydrogens (primary N) is 1. The highest BCUT2D eigenvalue weighted by atomic mass is 19.4. The van der Waals surface area contributed by atoms with Gasteiger partial charge >= 0.3 is 12.1 Å². The van der Waals surface area contributed by atoms with Crippen LogP contribution in [0.1, 0.15) is 32.6 Å². The van der Waals surface area contributed by atoms with E-state index in [-0.39, 0.29) is 12.5 Å². The van der Waals surface area contributed by atoms with Crippen LogP contribution in [0.3, 0.4) is 0 Å². The van der Waals surface area contributed by atoms with Crippen LogP contribution in [0.5, 0.6) is 0 Å². The smallest absolute Gasteiger partial charge is 0.459 e. The van der Waals surface area contributed by atoms with Gasteiger partial charge in [-0.05, 0) is 12.8 Å². The molecule has 7 heteroatoms. The van der Waals surface area contributed by atoms with E-state index >= 15 is 0 Å². The summed E-state index contributed by atoms with van der Waals surface area (Å²) in [5, 5.41) is 0. The maximum Gasteiger partial charge on any atom is 0.490 e. The van der Waals surface area contributed by atoms with E-state index in [0.29, 0.717) is 25.7 Å². The van der Waals surface area contributed by atoms with E-state index in [0.717, 1.165) is 0 Å². The van der Waals surface area contributed by atoms with Gasteiger partial charge in [0, 0.05) is 5.92 Å². The van der Waals surface area contributed by atoms with Gasteiger partial charge < -0.3 is 10.5 Å². The van der Waals surface area contributed by atoms with Crippen LogP contribution >= 0.6 is 0 Å². The predicted octanol–water partition coefficient (Wildman–Crippen LogP) is 1.77. The average molecular weight is 255 g/mol. The molecule has 0 aliphatic rings. The molecule has 0 aromatic rings. The van der Waals surface area contributed by atoms with Crippen molar-refractivity contribution < 1.29 is 27.5 Å². The number of unbranched alkanes of at least 4 members (excludes halogenated alkanes) is 2. The number of ether oxygens (including phenoxy) is 1. The molecule has 0 aliphatic heterocycles. The van der Waals surface area contributed by atoms with Crippen LogP contribution in [-0.2, 0) is 14.3 Å². The molecule has 0 heterocycles. The SMILES string of the molecule is CC(CCCCCOC(=O)C(F)(F)F)C(N)=O. The molecule has 2 N–H and O–H groups in total. The third-order valence-electron chi connectivity index (χ3n) is 2.23. The molecule has 1 unspecified atom stereocenters. The normalized spacial score (nSPS) is 13.2. The van der Waals surface area contributed by atoms with Gasteiger partial charge in [0.2, 0.25) is 5.91 Å². The Morgan fingerprint density at radius 1 is 1.24 bits per heavy atom. The van der Waals surface area contributed by atoms with Gasteiger partial charge in [-0.3, -0.25) is 4.79 Å². The van der Waals surface area contributed by atoms with Crippen LogP contribution in [0.4, 0.5) is 13.2 Å². The summed E-state index contributed by atoms with van der Waals surface area (Å²) in [6.07, 6.45) is -2.76. The Morgan fingerprint density at radius 3 is 2.29 bits per heavy atom. The molecule has 0 bridgehead atoms. The van der Waals surface area contributed by atoms with Gasteiger partial charge in [-0.25, -0.2) is 4.79 Å². The molecule has 0 fully saturated rings. The highest BCUT2D eigenvalue weighted by molar-refractivity contribution is 5.76. The van der Waals surface area contributed by atoms with Crippen LogP contribution in [0.15, 0.2) is 0 Å². The van der Waals surface area contributed by atoms with Crippen molar-refractivity contribution in [2.75, 3.05) is 6.61 Å². The molecule has 100 valence electrons. The number of hydrogen-bond donors (Lipinski definition) is 1. The first-order valence-electron chi connectivity index (χ1n) is 5.28. The molecule has 4 nitrogen and oxygen atoms in total. The number of alkyl halides is 3. The number of amides is 1. The zero-order valence-electron chi connectivity index (χ0n) is 9.55. The van der Waals surface area contributed by atoms with E-state index in [2.05, 4.69) is 4.74 Å². The first-order valence-corrected chi connectivity index (χ1v) is 5.28. The highest BCUT2D eigenvalue weighted by Crippen LogP contribution is 2.16. The van der Waals surface area contributed by atoms with Crippen LogP contribution < -0.4 is 5.73 Å². The van der Waals surface area contributed by atoms with Crippen LogP contribution in [0.25, 0.3) is 0 Å². The van der Waals surface area contributed by atoms with Gasteiger partial charge in [-0.2, -0.15) is 13.2 Å². The van der Waals surface area contributed by atoms with Crippen molar-refractivity contribution in [2.45, 2.75) is 38.8 Å². The van der Waals surface area contributed by atoms with Gasteiger partial charge in [0.15, 0.2) is 0 Å². The monoisotopic (exact) mass is 255 g/mol. The fourth-order valence-corrected chi connectivity index (χ4v) is 1.12. The van der Waals surface area contributed by atoms with E-state index in [9.17, 15) is 22.8 Å². The molecule has 0 spiro atoms. The van der Waals surface area contributed by atoms with Gasteiger partial charge in [-0.1, -0.05) is 19.8 Å². The molecule has 0 saturated carbocycles. The lowest BCUT2D eigenvalue weighted by Gasteiger charge is -2.08. The van der Waals surface area contributed by atoms with Crippen molar-refractivity contribution in [1.82, 2.24) is 0 Å². The molecule has 1 atom stereocenters. The van der Waals surface area contributed by atoms with Gasteiger partial charge in [0.25, 0.3) is 0 Å². The van der Waals surface area contributed by atoms with Crippen molar-refractivity contribution in [1.29, 1.82) is 0 Å². The Hall–Kier alpha value is -1.27. The maximum absolute atomic E-state index is 11.7. The van der Waals surface area contributed by atoms with Crippen molar-refractivity contribution in [3.05, 3.63) is 0 Å². The number of halogens is 3. The second kappa shape index (κ2) is 7.13. The molecule has 0 saturated heterocycles. The fourth-order valence-electron chi connectivity index (χ4n) is 1.12. The maximum atomic E-state index is 11.7. The number of esters is 1. The number of carbonyl (C=O) groups is 2. The topological polar surface area (TPSA) is 69.4 Å². The highest BCUT2D eigenvalue weighted by Gasteiger charge is 2.40. The molecular formula is C10H16F3NO3. The molecule has 0 aromatic carbocycles. The van der Waals surface area contributed by atoms with Crippen molar-refractivity contribution >= 4 is 11.9 Å². The Morgan fingerprint density at radius 2 is 1.82 bits per heavy atom. The first kappa shape index (κ1) is 15.7. The zero-order chi connectivity index (χ0) is 13.5. The summed E-state index contributed by atoms with van der Waals surface area (Å²) in [6.45, 7) is 1.43. The van der Waals surface area contributed by atoms with E-state index < -0.39 is 18.1 Å². The quantitative estimate of drug-likeness (QED) is 0.556. The second-order valence-corrected chi connectivity index (χ2v) is 3.79. The van der Waals surface area contributed by atoms with E-state index in [1.807, 2.05) is 0 Å². The van der Waals surface area contributed by atoms with Crippen LogP contribution in [0, 0.1) is 5.92 Å². The van der Waals surface area contributed by atoms with E-state index in [1.165, 1.54) is 0 Å². The number of carbonyl (C=O) groups excluding carboxylic acids is 2. The fraction of sp³-hybridized carbons (Fsp3) is 0.800. The Bertz CT molecular complexity index is 266. The minimum absolute atomic E-state index is 0.243. The lowest BCUT2D eigenvalue weighted by Crippen LogP contribution is -2.25. The zero-order valence-corrected chi connectivity index (χ0v) is 9.55. The lowest BCUT2D eigenvalue weighted by atomic mass is 10.0. The Balaban J connectivity index is 3.48. The second-order valence-electron chi connectivity index (χ2n) is 3.79.